The van der Waals surface area contributed by atoms with Gasteiger partial charge in [-0.1, -0.05) is 6.07 Å². The van der Waals surface area contributed by atoms with Gasteiger partial charge in [0.2, 0.25) is 0 Å². The van der Waals surface area contributed by atoms with Crippen LogP contribution in [0.15, 0.2) is 18.2 Å². The third-order valence-corrected chi connectivity index (χ3v) is 4.61. The van der Waals surface area contributed by atoms with E-state index in [1.54, 1.807) is 19.1 Å². The molecule has 1 saturated heterocycles. The monoisotopic (exact) mass is 265 g/mol. The van der Waals surface area contributed by atoms with Crippen LogP contribution in [0.25, 0.3) is 0 Å². The van der Waals surface area contributed by atoms with E-state index in [1.807, 2.05) is 4.90 Å². The van der Waals surface area contributed by atoms with Gasteiger partial charge in [0, 0.05) is 19.0 Å². The van der Waals surface area contributed by atoms with Crippen molar-refractivity contribution in [2.24, 2.45) is 11.8 Å². The predicted octanol–water partition coefficient (Wildman–Crippen LogP) is 2.09. The summed E-state index contributed by atoms with van der Waals surface area (Å²) in [6, 6.07) is 4.92. The molecule has 19 heavy (non-hydrogen) atoms. The molecule has 3 nitrogen and oxygen atoms in total. The molecule has 1 heterocycles. The van der Waals surface area contributed by atoms with Crippen molar-refractivity contribution >= 4 is 5.69 Å². The Labute approximate surface area is 112 Å². The molecule has 1 aliphatic carbocycles. The molecule has 1 aromatic carbocycles. The summed E-state index contributed by atoms with van der Waals surface area (Å²) in [7, 11) is 0. The van der Waals surface area contributed by atoms with Gasteiger partial charge in [-0.3, -0.25) is 0 Å². The molecule has 1 aromatic rings. The average Bonchev–Trinajstić information content (AvgIpc) is 2.92. The summed E-state index contributed by atoms with van der Waals surface area (Å²) in [5.74, 6) is 0.495. The lowest BCUT2D eigenvalue weighted by Crippen LogP contribution is -2.25. The third kappa shape index (κ3) is 2.23. The van der Waals surface area contributed by atoms with Gasteiger partial charge in [-0.25, -0.2) is 4.39 Å². The molecule has 104 valence electrons. The van der Waals surface area contributed by atoms with Crippen LogP contribution >= 0.6 is 0 Å². The normalized spacial score (nSPS) is 31.6. The van der Waals surface area contributed by atoms with E-state index in [-0.39, 0.29) is 17.8 Å². The maximum Gasteiger partial charge on any atom is 0.146 e. The molecule has 4 atom stereocenters. The van der Waals surface area contributed by atoms with Crippen LogP contribution in [0.3, 0.4) is 0 Å². The molecule has 0 amide bonds. The van der Waals surface area contributed by atoms with Gasteiger partial charge in [0.1, 0.15) is 5.82 Å². The van der Waals surface area contributed by atoms with E-state index in [9.17, 15) is 14.6 Å². The van der Waals surface area contributed by atoms with Gasteiger partial charge in [-0.05, 0) is 43.4 Å². The largest absolute Gasteiger partial charge is 0.393 e. The molecule has 2 N–H and O–H groups in total. The molecule has 2 aliphatic rings. The predicted molar refractivity (Wildman–Crippen MR) is 71.5 cm³/mol. The molecule has 3 rings (SSSR count). The van der Waals surface area contributed by atoms with Crippen molar-refractivity contribution < 1.29 is 14.6 Å². The number of nitrogens with zero attached hydrogens (tertiary/aromatic N) is 1. The van der Waals surface area contributed by atoms with Gasteiger partial charge in [-0.2, -0.15) is 0 Å². The Morgan fingerprint density at radius 1 is 1.32 bits per heavy atom. The highest BCUT2D eigenvalue weighted by Gasteiger charge is 2.42. The van der Waals surface area contributed by atoms with Crippen LogP contribution in [0.5, 0.6) is 0 Å². The van der Waals surface area contributed by atoms with E-state index in [2.05, 4.69) is 0 Å². The summed E-state index contributed by atoms with van der Waals surface area (Å²) in [4.78, 5) is 2.03. The third-order valence-electron chi connectivity index (χ3n) is 4.61. The van der Waals surface area contributed by atoms with Gasteiger partial charge in [0.25, 0.3) is 0 Å². The fourth-order valence-electron chi connectivity index (χ4n) is 3.47. The van der Waals surface area contributed by atoms with Gasteiger partial charge in [-0.15, -0.1) is 0 Å². The van der Waals surface area contributed by atoms with Crippen molar-refractivity contribution in [3.8, 4) is 0 Å². The summed E-state index contributed by atoms with van der Waals surface area (Å²) in [6.07, 6.45) is 1.04. The highest BCUT2D eigenvalue weighted by Crippen LogP contribution is 2.40. The van der Waals surface area contributed by atoms with Crippen LogP contribution in [0.2, 0.25) is 0 Å². The average molecular weight is 265 g/mol. The quantitative estimate of drug-likeness (QED) is 0.860. The topological polar surface area (TPSA) is 43.7 Å². The summed E-state index contributed by atoms with van der Waals surface area (Å²) in [6.45, 7) is 3.19. The first kappa shape index (κ1) is 12.9. The fraction of sp³-hybridized carbons (Fsp3) is 0.600. The Morgan fingerprint density at radius 2 is 2.11 bits per heavy atom. The minimum absolute atomic E-state index is 0.227. The Kier molecular flexibility index (Phi) is 3.23. The van der Waals surface area contributed by atoms with E-state index in [0.29, 0.717) is 17.2 Å². The lowest BCUT2D eigenvalue weighted by Gasteiger charge is -2.21. The molecular weight excluding hydrogens is 245 g/mol. The number of hydrogen-bond acceptors (Lipinski definition) is 3. The molecule has 0 bridgehead atoms. The molecule has 1 aliphatic heterocycles. The van der Waals surface area contributed by atoms with Crippen LogP contribution in [0.4, 0.5) is 10.1 Å². The second-order valence-corrected chi connectivity index (χ2v) is 5.86. The molecule has 4 unspecified atom stereocenters. The number of aliphatic hydroxyl groups is 2. The first-order valence-electron chi connectivity index (χ1n) is 6.97. The molecule has 1 saturated carbocycles. The zero-order chi connectivity index (χ0) is 13.6. The highest BCUT2D eigenvalue weighted by molar-refractivity contribution is 5.50. The van der Waals surface area contributed by atoms with E-state index >= 15 is 0 Å². The number of halogens is 1. The van der Waals surface area contributed by atoms with Gasteiger partial charge in [0.15, 0.2) is 0 Å². The Morgan fingerprint density at radius 3 is 2.74 bits per heavy atom. The Bertz CT molecular complexity index is 477. The number of anilines is 1. The summed E-state index contributed by atoms with van der Waals surface area (Å²) in [5.41, 5.74) is 1.19. The van der Waals surface area contributed by atoms with Crippen LogP contribution in [-0.2, 0) is 0 Å². The molecule has 4 heteroatoms. The van der Waals surface area contributed by atoms with Crippen molar-refractivity contribution in [1.29, 1.82) is 0 Å². The van der Waals surface area contributed by atoms with Crippen molar-refractivity contribution in [2.45, 2.75) is 32.0 Å². The highest BCUT2D eigenvalue weighted by atomic mass is 19.1. The number of hydrogen-bond donors (Lipinski definition) is 2. The van der Waals surface area contributed by atoms with Gasteiger partial charge >= 0.3 is 0 Å². The standard InChI is InChI=1S/C15H20FNO2/c1-9(18)10-2-4-14(13(16)6-10)17-7-11-3-5-15(19)12(11)8-17/h2,4,6,9,11-12,15,18-19H,3,5,7-8H2,1H3. The summed E-state index contributed by atoms with van der Waals surface area (Å²) < 4.78 is 14.1. The minimum Gasteiger partial charge on any atom is -0.393 e. The van der Waals surface area contributed by atoms with Crippen LogP contribution in [0, 0.1) is 17.7 Å². The van der Waals surface area contributed by atoms with E-state index in [1.165, 1.54) is 6.07 Å². The van der Waals surface area contributed by atoms with E-state index in [0.717, 1.165) is 25.9 Å². The summed E-state index contributed by atoms with van der Waals surface area (Å²) >= 11 is 0. The SMILES string of the molecule is CC(O)c1ccc(N2CC3CCC(O)C3C2)c(F)c1. The van der Waals surface area contributed by atoms with E-state index < -0.39 is 6.10 Å². The van der Waals surface area contributed by atoms with Crippen molar-refractivity contribution in [1.82, 2.24) is 0 Å². The number of benzene rings is 1. The molecular formula is C15H20FNO2. The molecule has 0 aromatic heterocycles. The Balaban J connectivity index is 1.80. The lowest BCUT2D eigenvalue weighted by molar-refractivity contribution is 0.133. The Hall–Kier alpha value is -1.13. The van der Waals surface area contributed by atoms with E-state index in [4.69, 9.17) is 0 Å². The minimum atomic E-state index is -0.650. The molecule has 0 spiro atoms. The second-order valence-electron chi connectivity index (χ2n) is 5.86. The number of aliphatic hydroxyl groups excluding tert-OH is 2. The maximum atomic E-state index is 14.1. The number of rotatable bonds is 2. The smallest absolute Gasteiger partial charge is 0.146 e. The van der Waals surface area contributed by atoms with Crippen LogP contribution in [-0.4, -0.2) is 29.4 Å². The first-order valence-corrected chi connectivity index (χ1v) is 6.97. The fourth-order valence-corrected chi connectivity index (χ4v) is 3.47. The summed E-state index contributed by atoms with van der Waals surface area (Å²) in [5, 5.41) is 19.4. The van der Waals surface area contributed by atoms with Crippen LogP contribution in [0.1, 0.15) is 31.4 Å². The van der Waals surface area contributed by atoms with Gasteiger partial charge in [0.05, 0.1) is 17.9 Å². The molecule has 0 radical (unpaired) electrons. The number of fused-ring (bicyclic) bond motifs is 1. The zero-order valence-electron chi connectivity index (χ0n) is 11.1. The molecule has 2 fully saturated rings. The zero-order valence-corrected chi connectivity index (χ0v) is 11.1. The maximum absolute atomic E-state index is 14.1. The van der Waals surface area contributed by atoms with Crippen molar-refractivity contribution in [2.75, 3.05) is 18.0 Å². The van der Waals surface area contributed by atoms with Crippen LogP contribution < -0.4 is 4.90 Å². The van der Waals surface area contributed by atoms with Crippen molar-refractivity contribution in [3.63, 3.8) is 0 Å². The lowest BCUT2D eigenvalue weighted by atomic mass is 10.00. The van der Waals surface area contributed by atoms with Gasteiger partial charge < -0.3 is 15.1 Å². The second kappa shape index (κ2) is 4.76. The van der Waals surface area contributed by atoms with Crippen molar-refractivity contribution in [3.05, 3.63) is 29.6 Å². The first-order chi connectivity index (χ1) is 9.06.